The Hall–Kier alpha value is -4.06. The number of aryl methyl sites for hydroxylation is 1. The van der Waals surface area contributed by atoms with Gasteiger partial charge in [0.1, 0.15) is 5.82 Å². The highest BCUT2D eigenvalue weighted by Crippen LogP contribution is 2.23. The molecule has 166 valence electrons. The number of benzene rings is 1. The van der Waals surface area contributed by atoms with E-state index in [0.29, 0.717) is 24.5 Å². The summed E-state index contributed by atoms with van der Waals surface area (Å²) >= 11 is 0. The number of hydrogen-bond donors (Lipinski definition) is 2. The third-order valence-electron chi connectivity index (χ3n) is 5.37. The van der Waals surface area contributed by atoms with E-state index in [2.05, 4.69) is 51.8 Å². The molecule has 0 spiro atoms. The molecule has 1 aromatic carbocycles. The van der Waals surface area contributed by atoms with Crippen molar-refractivity contribution in [3.8, 4) is 11.3 Å². The minimum atomic E-state index is -0.181. The molecule has 33 heavy (non-hydrogen) atoms. The van der Waals surface area contributed by atoms with Crippen LogP contribution in [-0.4, -0.2) is 27.4 Å². The molecule has 2 N–H and O–H groups in total. The van der Waals surface area contributed by atoms with Crippen molar-refractivity contribution in [1.82, 2.24) is 20.3 Å². The molecule has 0 fully saturated rings. The number of nitrogens with one attached hydrogen (secondary N) is 2. The highest BCUT2D eigenvalue weighted by Gasteiger charge is 2.14. The van der Waals surface area contributed by atoms with E-state index in [1.54, 1.807) is 18.6 Å². The number of anilines is 1. The normalized spacial score (nSPS) is 10.6. The van der Waals surface area contributed by atoms with Crippen LogP contribution in [0, 0.1) is 0 Å². The van der Waals surface area contributed by atoms with E-state index in [0.717, 1.165) is 35.4 Å². The summed E-state index contributed by atoms with van der Waals surface area (Å²) in [4.78, 5) is 26.2. The molecule has 0 aliphatic heterocycles. The summed E-state index contributed by atoms with van der Waals surface area (Å²) in [7, 11) is 0. The fourth-order valence-corrected chi connectivity index (χ4v) is 3.48. The van der Waals surface area contributed by atoms with E-state index < -0.39 is 0 Å². The van der Waals surface area contributed by atoms with Crippen LogP contribution in [-0.2, 0) is 19.4 Å². The van der Waals surface area contributed by atoms with Crippen LogP contribution in [0.15, 0.2) is 85.3 Å². The van der Waals surface area contributed by atoms with Crippen molar-refractivity contribution in [2.45, 2.75) is 26.3 Å². The molecular weight excluding hydrogens is 410 g/mol. The largest absolute Gasteiger partial charge is 0.369 e. The fourth-order valence-electron chi connectivity index (χ4n) is 3.48. The minimum Gasteiger partial charge on any atom is -0.369 e. The second kappa shape index (κ2) is 11.0. The van der Waals surface area contributed by atoms with Gasteiger partial charge in [-0.25, -0.2) is 4.98 Å². The van der Waals surface area contributed by atoms with Crippen molar-refractivity contribution in [2.24, 2.45) is 0 Å². The quantitative estimate of drug-likeness (QED) is 0.397. The maximum absolute atomic E-state index is 13.0. The molecule has 3 heterocycles. The van der Waals surface area contributed by atoms with Crippen LogP contribution < -0.4 is 10.6 Å². The summed E-state index contributed by atoms with van der Waals surface area (Å²) in [5, 5.41) is 6.32. The lowest BCUT2D eigenvalue weighted by atomic mass is 10.1. The van der Waals surface area contributed by atoms with Crippen LogP contribution in [0.3, 0.4) is 0 Å². The third-order valence-corrected chi connectivity index (χ3v) is 5.37. The fraction of sp³-hybridized carbons (Fsp3) is 0.185. The number of carbonyl (C=O) groups is 1. The van der Waals surface area contributed by atoms with E-state index in [9.17, 15) is 4.79 Å². The molecule has 0 aliphatic rings. The van der Waals surface area contributed by atoms with E-state index in [-0.39, 0.29) is 5.91 Å². The van der Waals surface area contributed by atoms with Crippen molar-refractivity contribution >= 4 is 11.7 Å². The van der Waals surface area contributed by atoms with Gasteiger partial charge in [0.2, 0.25) is 0 Å². The number of aromatic nitrogens is 3. The molecule has 0 unspecified atom stereocenters. The van der Waals surface area contributed by atoms with Crippen LogP contribution in [0.5, 0.6) is 0 Å². The average molecular weight is 438 g/mol. The van der Waals surface area contributed by atoms with Gasteiger partial charge in [-0.15, -0.1) is 0 Å². The highest BCUT2D eigenvalue weighted by molar-refractivity contribution is 5.99. The van der Waals surface area contributed by atoms with E-state index >= 15 is 0 Å². The second-order valence-corrected chi connectivity index (χ2v) is 7.68. The van der Waals surface area contributed by atoms with Gasteiger partial charge < -0.3 is 10.6 Å². The van der Waals surface area contributed by atoms with E-state index in [1.165, 1.54) is 5.56 Å². The van der Waals surface area contributed by atoms with Gasteiger partial charge in [-0.1, -0.05) is 43.3 Å². The smallest absolute Gasteiger partial charge is 0.255 e. The van der Waals surface area contributed by atoms with Crippen molar-refractivity contribution in [3.05, 3.63) is 108 Å². The van der Waals surface area contributed by atoms with E-state index in [1.807, 2.05) is 42.5 Å². The molecule has 0 radical (unpaired) electrons. The molecule has 0 bridgehead atoms. The van der Waals surface area contributed by atoms with Gasteiger partial charge in [0.05, 0.1) is 11.3 Å². The van der Waals surface area contributed by atoms with Crippen LogP contribution >= 0.6 is 0 Å². The Kier molecular flexibility index (Phi) is 7.38. The van der Waals surface area contributed by atoms with Crippen molar-refractivity contribution in [1.29, 1.82) is 0 Å². The Morgan fingerprint density at radius 3 is 2.52 bits per heavy atom. The Labute approximate surface area is 194 Å². The third kappa shape index (κ3) is 6.01. The number of rotatable bonds is 9. The van der Waals surface area contributed by atoms with E-state index in [4.69, 9.17) is 4.98 Å². The summed E-state index contributed by atoms with van der Waals surface area (Å²) in [5.41, 5.74) is 5.55. The number of nitrogens with zero attached hydrogens (tertiary/aromatic N) is 3. The van der Waals surface area contributed by atoms with Crippen LogP contribution in [0.25, 0.3) is 11.3 Å². The maximum atomic E-state index is 13.0. The number of amides is 1. The Morgan fingerprint density at radius 1 is 0.909 bits per heavy atom. The molecule has 0 saturated carbocycles. The summed E-state index contributed by atoms with van der Waals surface area (Å²) in [6, 6.07) is 21.7. The van der Waals surface area contributed by atoms with Gasteiger partial charge in [-0.05, 0) is 47.9 Å². The molecule has 0 aliphatic carbocycles. The topological polar surface area (TPSA) is 79.8 Å². The van der Waals surface area contributed by atoms with Crippen molar-refractivity contribution in [2.75, 3.05) is 11.9 Å². The molecule has 4 rings (SSSR count). The summed E-state index contributed by atoms with van der Waals surface area (Å²) in [6.07, 6.45) is 6.96. The zero-order valence-corrected chi connectivity index (χ0v) is 18.7. The minimum absolute atomic E-state index is 0.181. The van der Waals surface area contributed by atoms with Gasteiger partial charge in [-0.2, -0.15) is 0 Å². The molecule has 1 amide bonds. The summed E-state index contributed by atoms with van der Waals surface area (Å²) in [6.45, 7) is 3.15. The number of carbonyl (C=O) groups excluding carboxylic acids is 1. The second-order valence-electron chi connectivity index (χ2n) is 7.68. The first-order valence-electron chi connectivity index (χ1n) is 11.1. The molecule has 0 atom stereocenters. The Balaban J connectivity index is 1.54. The van der Waals surface area contributed by atoms with Crippen molar-refractivity contribution in [3.63, 3.8) is 0 Å². The maximum Gasteiger partial charge on any atom is 0.255 e. The molecule has 3 aromatic heterocycles. The highest BCUT2D eigenvalue weighted by atomic mass is 16.1. The van der Waals surface area contributed by atoms with Gasteiger partial charge in [0.25, 0.3) is 5.91 Å². The van der Waals surface area contributed by atoms with Gasteiger partial charge in [0.15, 0.2) is 0 Å². The predicted molar refractivity (Wildman–Crippen MR) is 131 cm³/mol. The summed E-state index contributed by atoms with van der Waals surface area (Å²) < 4.78 is 0. The predicted octanol–water partition coefficient (Wildman–Crippen LogP) is 4.69. The lowest BCUT2D eigenvalue weighted by Crippen LogP contribution is -2.25. The number of hydrogen-bond acceptors (Lipinski definition) is 5. The first-order chi connectivity index (χ1) is 16.2. The van der Waals surface area contributed by atoms with Crippen LogP contribution in [0.4, 0.5) is 5.82 Å². The zero-order valence-electron chi connectivity index (χ0n) is 18.7. The van der Waals surface area contributed by atoms with Crippen LogP contribution in [0.2, 0.25) is 0 Å². The molecular formula is C27H27N5O. The number of pyridine rings is 3. The lowest BCUT2D eigenvalue weighted by molar-refractivity contribution is 0.0951. The van der Waals surface area contributed by atoms with Gasteiger partial charge >= 0.3 is 0 Å². The SMILES string of the molecule is CCc1ccc(-c2ccc(C(=O)NCc3cccnc3)c(NCCc3ccccn3)n2)cc1. The van der Waals surface area contributed by atoms with Gasteiger partial charge in [-0.3, -0.25) is 14.8 Å². The summed E-state index contributed by atoms with van der Waals surface area (Å²) in [5.74, 6) is 0.381. The molecule has 4 aromatic rings. The first kappa shape index (κ1) is 22.1. The van der Waals surface area contributed by atoms with Gasteiger partial charge in [0, 0.05) is 49.4 Å². The average Bonchev–Trinajstić information content (AvgIpc) is 2.88. The zero-order chi connectivity index (χ0) is 22.9. The molecule has 0 saturated heterocycles. The lowest BCUT2D eigenvalue weighted by Gasteiger charge is -2.13. The Bertz CT molecular complexity index is 1180. The van der Waals surface area contributed by atoms with Crippen molar-refractivity contribution < 1.29 is 4.79 Å². The Morgan fingerprint density at radius 2 is 1.79 bits per heavy atom. The van der Waals surface area contributed by atoms with Crippen LogP contribution in [0.1, 0.15) is 34.1 Å². The monoisotopic (exact) mass is 437 g/mol. The first-order valence-corrected chi connectivity index (χ1v) is 11.1. The standard InChI is InChI=1S/C27H27N5O/c1-2-20-8-10-22(11-9-20)25-13-12-24(27(33)31-19-21-6-5-15-28-18-21)26(32-25)30-17-14-23-7-3-4-16-29-23/h3-13,15-16,18H,2,14,17,19H2,1H3,(H,30,32)(H,31,33). The molecule has 6 nitrogen and oxygen atoms in total. The molecule has 6 heteroatoms.